The Labute approximate surface area is 113 Å². The predicted octanol–water partition coefficient (Wildman–Crippen LogP) is 1.13. The van der Waals surface area contributed by atoms with E-state index in [0.29, 0.717) is 6.54 Å². The Hall–Kier alpha value is -2.05. The number of rotatable bonds is 7. The maximum atomic E-state index is 7.63. The van der Waals surface area contributed by atoms with Gasteiger partial charge in [0.05, 0.1) is 18.6 Å². The second-order valence-electron chi connectivity index (χ2n) is 4.29. The lowest BCUT2D eigenvalue weighted by atomic mass is 10.2. The van der Waals surface area contributed by atoms with Crippen molar-refractivity contribution in [2.75, 3.05) is 6.54 Å². The molecule has 0 amide bonds. The number of aromatic amines is 1. The monoisotopic (exact) mass is 265 g/mol. The van der Waals surface area contributed by atoms with Crippen LogP contribution in [0.4, 0.5) is 0 Å². The maximum Gasteiger partial charge on any atom is 0.195 e. The first-order valence-corrected chi connectivity index (χ1v) is 6.61. The standard InChI is InChI=1S/C12H23N7/c1-2-3-4-5-6-16-11(13)19-12(14)17-8-10-7-15-9-18-10/h7,9H,2-6,8H2,1H3,(H,15,18)(H5,13,14,16,17,19). The lowest BCUT2D eigenvalue weighted by Gasteiger charge is -2.12. The second-order valence-corrected chi connectivity index (χ2v) is 4.29. The van der Waals surface area contributed by atoms with Gasteiger partial charge in [0.25, 0.3) is 0 Å². The summed E-state index contributed by atoms with van der Waals surface area (Å²) < 4.78 is 0. The molecule has 1 aromatic heterocycles. The van der Waals surface area contributed by atoms with Gasteiger partial charge in [0, 0.05) is 12.7 Å². The van der Waals surface area contributed by atoms with E-state index in [4.69, 9.17) is 10.8 Å². The van der Waals surface area contributed by atoms with E-state index in [1.807, 2.05) is 0 Å². The van der Waals surface area contributed by atoms with Crippen molar-refractivity contribution in [3.05, 3.63) is 18.2 Å². The van der Waals surface area contributed by atoms with Gasteiger partial charge in [0.2, 0.25) is 0 Å². The van der Waals surface area contributed by atoms with Crippen molar-refractivity contribution in [1.29, 1.82) is 10.8 Å². The molecule has 0 aliphatic heterocycles. The van der Waals surface area contributed by atoms with Crippen LogP contribution < -0.4 is 16.0 Å². The molecule has 0 aliphatic rings. The van der Waals surface area contributed by atoms with Crippen LogP contribution >= 0.6 is 0 Å². The maximum absolute atomic E-state index is 7.63. The van der Waals surface area contributed by atoms with E-state index in [1.165, 1.54) is 19.3 Å². The van der Waals surface area contributed by atoms with Crippen LogP contribution in [0.25, 0.3) is 0 Å². The zero-order chi connectivity index (χ0) is 13.9. The lowest BCUT2D eigenvalue weighted by molar-refractivity contribution is 0.650. The minimum absolute atomic E-state index is 0.0978. The van der Waals surface area contributed by atoms with Gasteiger partial charge in [-0.3, -0.25) is 16.1 Å². The molecule has 7 nitrogen and oxygen atoms in total. The molecule has 106 valence electrons. The molecule has 0 radical (unpaired) electrons. The molecule has 0 saturated heterocycles. The normalized spacial score (nSPS) is 9.95. The van der Waals surface area contributed by atoms with Crippen molar-refractivity contribution >= 4 is 11.9 Å². The van der Waals surface area contributed by atoms with Gasteiger partial charge >= 0.3 is 0 Å². The van der Waals surface area contributed by atoms with Crippen molar-refractivity contribution in [2.45, 2.75) is 39.2 Å². The molecule has 7 heteroatoms. The molecular weight excluding hydrogens is 242 g/mol. The number of imidazole rings is 1. The van der Waals surface area contributed by atoms with Gasteiger partial charge in [-0.15, -0.1) is 0 Å². The first-order chi connectivity index (χ1) is 9.22. The molecule has 0 spiro atoms. The molecule has 1 rings (SSSR count). The third kappa shape index (κ3) is 7.07. The van der Waals surface area contributed by atoms with Gasteiger partial charge in [0.1, 0.15) is 0 Å². The first kappa shape index (κ1) is 15.0. The third-order valence-corrected chi connectivity index (χ3v) is 2.59. The number of aromatic nitrogens is 2. The Balaban J connectivity index is 2.05. The molecule has 0 aromatic carbocycles. The van der Waals surface area contributed by atoms with Gasteiger partial charge in [-0.25, -0.2) is 4.98 Å². The van der Waals surface area contributed by atoms with Gasteiger partial charge < -0.3 is 15.6 Å². The van der Waals surface area contributed by atoms with Gasteiger partial charge in [0.15, 0.2) is 11.9 Å². The first-order valence-electron chi connectivity index (χ1n) is 6.61. The molecule has 0 bridgehead atoms. The zero-order valence-electron chi connectivity index (χ0n) is 11.3. The van der Waals surface area contributed by atoms with Crippen LogP contribution in [0.1, 0.15) is 38.3 Å². The SMILES string of the molecule is CCCCCCNC(=N)NC(=N)NCc1cnc[nH]1. The molecule has 0 aliphatic carbocycles. The predicted molar refractivity (Wildman–Crippen MR) is 76.2 cm³/mol. The fraction of sp³-hybridized carbons (Fsp3) is 0.583. The van der Waals surface area contributed by atoms with Crippen LogP contribution in [-0.4, -0.2) is 28.4 Å². The number of hydrogen-bond donors (Lipinski definition) is 6. The summed E-state index contributed by atoms with van der Waals surface area (Å²) in [7, 11) is 0. The Morgan fingerprint density at radius 3 is 2.68 bits per heavy atom. The molecule has 1 aromatic rings. The van der Waals surface area contributed by atoms with Crippen LogP contribution in [0.5, 0.6) is 0 Å². The van der Waals surface area contributed by atoms with Crippen molar-refractivity contribution in [3.63, 3.8) is 0 Å². The fourth-order valence-corrected chi connectivity index (χ4v) is 1.54. The van der Waals surface area contributed by atoms with E-state index in [9.17, 15) is 0 Å². The number of guanidine groups is 2. The van der Waals surface area contributed by atoms with Crippen LogP contribution in [0, 0.1) is 10.8 Å². The highest BCUT2D eigenvalue weighted by Crippen LogP contribution is 1.96. The van der Waals surface area contributed by atoms with E-state index >= 15 is 0 Å². The highest BCUT2D eigenvalue weighted by Gasteiger charge is 2.00. The topological polar surface area (TPSA) is 112 Å². The van der Waals surface area contributed by atoms with Gasteiger partial charge in [-0.2, -0.15) is 0 Å². The summed E-state index contributed by atoms with van der Waals surface area (Å²) in [6.45, 7) is 3.42. The second kappa shape index (κ2) is 8.96. The summed E-state index contributed by atoms with van der Waals surface area (Å²) in [5.41, 5.74) is 0.894. The number of nitrogens with zero attached hydrogens (tertiary/aromatic N) is 1. The van der Waals surface area contributed by atoms with Crippen molar-refractivity contribution in [1.82, 2.24) is 25.9 Å². The van der Waals surface area contributed by atoms with E-state index in [1.54, 1.807) is 12.5 Å². The highest BCUT2D eigenvalue weighted by atomic mass is 15.2. The molecule has 0 fully saturated rings. The van der Waals surface area contributed by atoms with Crippen molar-refractivity contribution in [2.24, 2.45) is 0 Å². The van der Waals surface area contributed by atoms with E-state index in [2.05, 4.69) is 32.8 Å². The zero-order valence-corrected chi connectivity index (χ0v) is 11.3. The quantitative estimate of drug-likeness (QED) is 0.252. The Kier molecular flexibility index (Phi) is 7.08. The molecule has 1 heterocycles. The molecule has 0 unspecified atom stereocenters. The van der Waals surface area contributed by atoms with Crippen molar-refractivity contribution < 1.29 is 0 Å². The van der Waals surface area contributed by atoms with Crippen LogP contribution in [0.3, 0.4) is 0 Å². The van der Waals surface area contributed by atoms with Crippen LogP contribution in [-0.2, 0) is 6.54 Å². The van der Waals surface area contributed by atoms with Gasteiger partial charge in [-0.05, 0) is 6.42 Å². The number of nitrogens with one attached hydrogen (secondary N) is 6. The molecule has 6 N–H and O–H groups in total. The smallest absolute Gasteiger partial charge is 0.195 e. The van der Waals surface area contributed by atoms with Crippen LogP contribution in [0.15, 0.2) is 12.5 Å². The number of H-pyrrole nitrogens is 1. The number of unbranched alkanes of at least 4 members (excludes halogenated alkanes) is 3. The Morgan fingerprint density at radius 1 is 1.21 bits per heavy atom. The highest BCUT2D eigenvalue weighted by molar-refractivity contribution is 5.95. The summed E-state index contributed by atoms with van der Waals surface area (Å²) >= 11 is 0. The summed E-state index contributed by atoms with van der Waals surface area (Å²) in [5.74, 6) is 0.249. The summed E-state index contributed by atoms with van der Waals surface area (Å²) in [5, 5.41) is 23.7. The summed E-state index contributed by atoms with van der Waals surface area (Å²) in [6, 6.07) is 0. The average Bonchev–Trinajstić information content (AvgIpc) is 2.89. The Morgan fingerprint density at radius 2 is 2.00 bits per heavy atom. The molecular formula is C12H23N7. The summed E-state index contributed by atoms with van der Waals surface area (Å²) in [6.07, 6.45) is 7.94. The van der Waals surface area contributed by atoms with E-state index < -0.39 is 0 Å². The molecule has 0 atom stereocenters. The van der Waals surface area contributed by atoms with E-state index in [-0.39, 0.29) is 11.9 Å². The van der Waals surface area contributed by atoms with E-state index in [0.717, 1.165) is 18.7 Å². The largest absolute Gasteiger partial charge is 0.356 e. The summed E-state index contributed by atoms with van der Waals surface area (Å²) in [4.78, 5) is 6.82. The number of hydrogen-bond acceptors (Lipinski definition) is 3. The fourth-order valence-electron chi connectivity index (χ4n) is 1.54. The third-order valence-electron chi connectivity index (χ3n) is 2.59. The Bertz CT molecular complexity index is 371. The minimum Gasteiger partial charge on any atom is -0.356 e. The van der Waals surface area contributed by atoms with Gasteiger partial charge in [-0.1, -0.05) is 26.2 Å². The average molecular weight is 265 g/mol. The molecule has 0 saturated carbocycles. The lowest BCUT2D eigenvalue weighted by Crippen LogP contribution is -2.45. The van der Waals surface area contributed by atoms with Crippen molar-refractivity contribution in [3.8, 4) is 0 Å². The minimum atomic E-state index is 0.0978. The van der Waals surface area contributed by atoms with Crippen LogP contribution in [0.2, 0.25) is 0 Å². The molecule has 19 heavy (non-hydrogen) atoms.